The van der Waals surface area contributed by atoms with Crippen LogP contribution in [0, 0.1) is 29.1 Å². The summed E-state index contributed by atoms with van der Waals surface area (Å²) >= 11 is 0. The van der Waals surface area contributed by atoms with E-state index in [1.165, 1.54) is 20.2 Å². The van der Waals surface area contributed by atoms with Crippen LogP contribution < -0.4 is 5.19 Å². The molecule has 0 heterocycles. The zero-order valence-electron chi connectivity index (χ0n) is 8.80. The first-order valence-electron chi connectivity index (χ1n) is 4.31. The highest BCUT2D eigenvalue weighted by molar-refractivity contribution is 6.84. The molecule has 0 fully saturated rings. The molecule has 0 saturated carbocycles. The van der Waals surface area contributed by atoms with Gasteiger partial charge in [-0.15, -0.1) is 0 Å². The molecule has 1 aromatic rings. The summed E-state index contributed by atoms with van der Waals surface area (Å²) < 4.78 is 70.0. The first kappa shape index (κ1) is 13.1. The molecule has 0 aliphatic heterocycles. The standard InChI is InChI=1S/C9H9F5OSi/c1-15-16(2,3)9-7(13)5(11)4(10)6(12)8(9)14/h1-3H3. The molecule has 0 aromatic heterocycles. The Morgan fingerprint density at radius 2 is 1.06 bits per heavy atom. The number of rotatable bonds is 2. The fourth-order valence-electron chi connectivity index (χ4n) is 1.24. The minimum Gasteiger partial charge on any atom is -0.416 e. The van der Waals surface area contributed by atoms with E-state index in [9.17, 15) is 22.0 Å². The van der Waals surface area contributed by atoms with Crippen LogP contribution in [0.2, 0.25) is 13.1 Å². The van der Waals surface area contributed by atoms with Crippen LogP contribution in [0.15, 0.2) is 0 Å². The lowest BCUT2D eigenvalue weighted by Crippen LogP contribution is -2.49. The zero-order valence-corrected chi connectivity index (χ0v) is 9.80. The van der Waals surface area contributed by atoms with Gasteiger partial charge in [-0.25, -0.2) is 22.0 Å². The van der Waals surface area contributed by atoms with Gasteiger partial charge in [-0.3, -0.25) is 0 Å². The Kier molecular flexibility index (Phi) is 3.39. The van der Waals surface area contributed by atoms with E-state index in [0.717, 1.165) is 0 Å². The maximum atomic E-state index is 13.3. The molecule has 90 valence electrons. The lowest BCUT2D eigenvalue weighted by molar-refractivity contribution is 0.375. The molecule has 1 rings (SSSR count). The fraction of sp³-hybridized carbons (Fsp3) is 0.333. The summed E-state index contributed by atoms with van der Waals surface area (Å²) in [6.45, 7) is 2.68. The highest BCUT2D eigenvalue weighted by Gasteiger charge is 2.37. The largest absolute Gasteiger partial charge is 0.416 e. The monoisotopic (exact) mass is 256 g/mol. The van der Waals surface area contributed by atoms with Crippen molar-refractivity contribution in [2.45, 2.75) is 13.1 Å². The fourth-order valence-corrected chi connectivity index (χ4v) is 2.72. The Labute approximate surface area is 90.0 Å². The van der Waals surface area contributed by atoms with Crippen molar-refractivity contribution in [2.75, 3.05) is 7.11 Å². The van der Waals surface area contributed by atoms with Crippen molar-refractivity contribution in [1.82, 2.24) is 0 Å². The third kappa shape index (κ3) is 1.84. The first-order chi connectivity index (χ1) is 7.24. The van der Waals surface area contributed by atoms with Gasteiger partial charge in [-0.1, -0.05) is 0 Å². The molecule has 0 unspecified atom stereocenters. The van der Waals surface area contributed by atoms with E-state index in [0.29, 0.717) is 0 Å². The molecule has 0 spiro atoms. The molecule has 0 N–H and O–H groups in total. The average Bonchev–Trinajstić information content (AvgIpc) is 2.23. The summed E-state index contributed by atoms with van der Waals surface area (Å²) in [5, 5.41) is -0.841. The van der Waals surface area contributed by atoms with Crippen LogP contribution in [0.1, 0.15) is 0 Å². The van der Waals surface area contributed by atoms with Gasteiger partial charge in [0.1, 0.15) is 0 Å². The molecule has 1 aromatic carbocycles. The van der Waals surface area contributed by atoms with Crippen LogP contribution in [-0.2, 0) is 4.43 Å². The van der Waals surface area contributed by atoms with Crippen LogP contribution in [0.4, 0.5) is 22.0 Å². The average molecular weight is 256 g/mol. The Hall–Kier alpha value is -0.953. The van der Waals surface area contributed by atoms with Gasteiger partial charge in [0.2, 0.25) is 14.1 Å². The third-order valence-electron chi connectivity index (χ3n) is 2.32. The summed E-state index contributed by atoms with van der Waals surface area (Å²) in [7, 11) is -1.95. The molecule has 0 bridgehead atoms. The highest BCUT2D eigenvalue weighted by atomic mass is 28.4. The van der Waals surface area contributed by atoms with Crippen LogP contribution in [0.3, 0.4) is 0 Å². The number of benzene rings is 1. The van der Waals surface area contributed by atoms with Gasteiger partial charge in [0, 0.05) is 12.3 Å². The van der Waals surface area contributed by atoms with Gasteiger partial charge in [0.05, 0.1) is 0 Å². The van der Waals surface area contributed by atoms with Crippen molar-refractivity contribution in [3.05, 3.63) is 29.1 Å². The molecule has 0 saturated heterocycles. The molecule has 0 atom stereocenters. The van der Waals surface area contributed by atoms with Crippen LogP contribution >= 0.6 is 0 Å². The van der Waals surface area contributed by atoms with Crippen molar-refractivity contribution in [1.29, 1.82) is 0 Å². The first-order valence-corrected chi connectivity index (χ1v) is 7.22. The predicted octanol–water partition coefficient (Wildman–Crippen LogP) is 2.44. The molecular weight excluding hydrogens is 247 g/mol. The SMILES string of the molecule is CO[Si](C)(C)c1c(F)c(F)c(F)c(F)c1F. The van der Waals surface area contributed by atoms with Crippen molar-refractivity contribution < 1.29 is 26.4 Å². The minimum absolute atomic E-state index is 0.841. The maximum Gasteiger partial charge on any atom is 0.224 e. The predicted molar refractivity (Wildman–Crippen MR) is 50.4 cm³/mol. The van der Waals surface area contributed by atoms with Gasteiger partial charge in [0.25, 0.3) is 0 Å². The van der Waals surface area contributed by atoms with E-state index in [2.05, 4.69) is 0 Å². The van der Waals surface area contributed by atoms with Gasteiger partial charge >= 0.3 is 0 Å². The van der Waals surface area contributed by atoms with Crippen LogP contribution in [0.25, 0.3) is 0 Å². The topological polar surface area (TPSA) is 9.23 Å². The highest BCUT2D eigenvalue weighted by Crippen LogP contribution is 2.19. The normalized spacial score (nSPS) is 12.0. The van der Waals surface area contributed by atoms with Crippen molar-refractivity contribution in [3.63, 3.8) is 0 Å². The van der Waals surface area contributed by atoms with E-state index < -0.39 is 42.6 Å². The summed E-state index contributed by atoms with van der Waals surface area (Å²) in [4.78, 5) is 0. The van der Waals surface area contributed by atoms with Gasteiger partial charge in [-0.05, 0) is 13.1 Å². The van der Waals surface area contributed by atoms with Gasteiger partial charge in [0.15, 0.2) is 23.3 Å². The van der Waals surface area contributed by atoms with Gasteiger partial charge < -0.3 is 4.43 Å². The van der Waals surface area contributed by atoms with E-state index in [1.54, 1.807) is 0 Å². The summed E-state index contributed by atoms with van der Waals surface area (Å²) in [6.07, 6.45) is 0. The van der Waals surface area contributed by atoms with E-state index in [-0.39, 0.29) is 0 Å². The smallest absolute Gasteiger partial charge is 0.224 e. The number of hydrogen-bond acceptors (Lipinski definition) is 1. The Bertz CT molecular complexity index is 403. The van der Waals surface area contributed by atoms with Crippen molar-refractivity contribution in [3.8, 4) is 0 Å². The molecular formula is C9H9F5OSi. The second-order valence-electron chi connectivity index (χ2n) is 3.66. The molecule has 0 amide bonds. The van der Waals surface area contributed by atoms with Crippen molar-refractivity contribution >= 4 is 13.5 Å². The summed E-state index contributed by atoms with van der Waals surface area (Å²) in [5.41, 5.74) is 0. The van der Waals surface area contributed by atoms with E-state index in [1.807, 2.05) is 0 Å². The maximum absolute atomic E-state index is 13.3. The lowest BCUT2D eigenvalue weighted by Gasteiger charge is -2.22. The molecule has 0 radical (unpaired) electrons. The van der Waals surface area contributed by atoms with E-state index in [4.69, 9.17) is 4.43 Å². The van der Waals surface area contributed by atoms with Crippen LogP contribution in [-0.4, -0.2) is 15.4 Å². The quantitative estimate of drug-likeness (QED) is 0.342. The third-order valence-corrected chi connectivity index (χ3v) is 4.99. The minimum atomic E-state index is -3.12. The molecule has 1 nitrogen and oxygen atoms in total. The summed E-state index contributed by atoms with van der Waals surface area (Å²) in [5.74, 6) is -9.65. The Balaban J connectivity index is 3.65. The molecule has 7 heteroatoms. The Morgan fingerprint density at radius 1 is 0.750 bits per heavy atom. The lowest BCUT2D eigenvalue weighted by atomic mass is 10.3. The number of halogens is 5. The number of hydrogen-bond donors (Lipinski definition) is 0. The van der Waals surface area contributed by atoms with Crippen molar-refractivity contribution in [2.24, 2.45) is 0 Å². The van der Waals surface area contributed by atoms with Crippen LogP contribution in [0.5, 0.6) is 0 Å². The molecule has 16 heavy (non-hydrogen) atoms. The van der Waals surface area contributed by atoms with E-state index >= 15 is 0 Å². The zero-order chi connectivity index (χ0) is 12.7. The second-order valence-corrected chi connectivity index (χ2v) is 7.59. The Morgan fingerprint density at radius 3 is 1.38 bits per heavy atom. The van der Waals surface area contributed by atoms with Gasteiger partial charge in [-0.2, -0.15) is 0 Å². The molecule has 0 aliphatic rings. The summed E-state index contributed by atoms with van der Waals surface area (Å²) in [6, 6.07) is 0. The molecule has 0 aliphatic carbocycles. The second kappa shape index (κ2) is 4.14.